The number of hydrogen-bond donors (Lipinski definition) is 0. The molecule has 0 radical (unpaired) electrons. The van der Waals surface area contributed by atoms with Crippen LogP contribution in [-0.4, -0.2) is 9.61 Å². The minimum atomic E-state index is 1.05. The summed E-state index contributed by atoms with van der Waals surface area (Å²) in [6, 6.07) is 17.3. The van der Waals surface area contributed by atoms with Crippen LogP contribution in [-0.2, 0) is 0 Å². The molecule has 4 rings (SSSR count). The molecule has 0 spiro atoms. The number of aromatic nitrogens is 2. The fourth-order valence-corrected chi connectivity index (χ4v) is 2.86. The van der Waals surface area contributed by atoms with Crippen molar-refractivity contribution in [3.05, 3.63) is 59.8 Å². The quantitative estimate of drug-likeness (QED) is 0.424. The van der Waals surface area contributed by atoms with E-state index in [1.165, 1.54) is 32.8 Å². The minimum absolute atomic E-state index is 1.05. The van der Waals surface area contributed by atoms with Crippen LogP contribution < -0.4 is 0 Å². The Bertz CT molecular complexity index is 932. The van der Waals surface area contributed by atoms with E-state index >= 15 is 0 Å². The van der Waals surface area contributed by atoms with Gasteiger partial charge in [-0.3, -0.25) is 0 Å². The SMILES string of the molecule is Cc1ccc2c3ccccc3c3cc(C)nn3c2c1. The molecule has 0 aliphatic rings. The van der Waals surface area contributed by atoms with Gasteiger partial charge in [0.25, 0.3) is 0 Å². The lowest BCUT2D eigenvalue weighted by molar-refractivity contribution is 0.974. The van der Waals surface area contributed by atoms with Crippen molar-refractivity contribution in [1.82, 2.24) is 9.61 Å². The maximum atomic E-state index is 4.65. The van der Waals surface area contributed by atoms with E-state index in [4.69, 9.17) is 0 Å². The lowest BCUT2D eigenvalue weighted by atomic mass is 10.0. The summed E-state index contributed by atoms with van der Waals surface area (Å²) in [6.45, 7) is 4.17. The van der Waals surface area contributed by atoms with Gasteiger partial charge in [-0.05, 0) is 36.9 Å². The number of benzene rings is 2. The van der Waals surface area contributed by atoms with Gasteiger partial charge in [-0.2, -0.15) is 5.10 Å². The summed E-state index contributed by atoms with van der Waals surface area (Å²) >= 11 is 0. The van der Waals surface area contributed by atoms with Crippen molar-refractivity contribution in [2.45, 2.75) is 13.8 Å². The highest BCUT2D eigenvalue weighted by atomic mass is 15.2. The molecule has 0 fully saturated rings. The number of fused-ring (bicyclic) bond motifs is 6. The maximum absolute atomic E-state index is 4.65. The van der Waals surface area contributed by atoms with E-state index in [1.807, 2.05) is 6.92 Å². The molecular formula is C17H14N2. The number of pyridine rings is 1. The van der Waals surface area contributed by atoms with E-state index in [-0.39, 0.29) is 0 Å². The predicted molar refractivity (Wildman–Crippen MR) is 79.7 cm³/mol. The van der Waals surface area contributed by atoms with Crippen LogP contribution in [0.3, 0.4) is 0 Å². The van der Waals surface area contributed by atoms with Gasteiger partial charge >= 0.3 is 0 Å². The summed E-state index contributed by atoms with van der Waals surface area (Å²) in [7, 11) is 0. The van der Waals surface area contributed by atoms with Gasteiger partial charge in [-0.15, -0.1) is 0 Å². The molecule has 4 aromatic rings. The first-order valence-electron chi connectivity index (χ1n) is 6.51. The van der Waals surface area contributed by atoms with Gasteiger partial charge in [0.2, 0.25) is 0 Å². The van der Waals surface area contributed by atoms with E-state index in [9.17, 15) is 0 Å². The Labute approximate surface area is 111 Å². The average molecular weight is 246 g/mol. The van der Waals surface area contributed by atoms with Crippen molar-refractivity contribution in [1.29, 1.82) is 0 Å². The van der Waals surface area contributed by atoms with Gasteiger partial charge < -0.3 is 0 Å². The van der Waals surface area contributed by atoms with Gasteiger partial charge in [0.05, 0.1) is 16.7 Å². The second-order valence-electron chi connectivity index (χ2n) is 5.15. The summed E-state index contributed by atoms with van der Waals surface area (Å²) in [5.41, 5.74) is 4.68. The molecule has 0 bridgehead atoms. The molecule has 0 atom stereocenters. The Morgan fingerprint density at radius 3 is 2.32 bits per heavy atom. The number of hydrogen-bond acceptors (Lipinski definition) is 1. The Hall–Kier alpha value is -2.35. The molecule has 0 amide bonds. The van der Waals surface area contributed by atoms with Gasteiger partial charge in [0.15, 0.2) is 0 Å². The standard InChI is InChI=1S/C17H14N2/c1-11-7-8-15-13-5-3-4-6-14(13)17-10-12(2)18-19(17)16(15)9-11/h3-10H,1-2H3. The molecule has 2 heterocycles. The number of nitrogens with zero attached hydrogens (tertiary/aromatic N) is 2. The molecule has 0 aliphatic carbocycles. The fraction of sp³-hybridized carbons (Fsp3) is 0.118. The zero-order valence-electron chi connectivity index (χ0n) is 11.0. The molecular weight excluding hydrogens is 232 g/mol. The summed E-state index contributed by atoms with van der Waals surface area (Å²) in [5.74, 6) is 0. The van der Waals surface area contributed by atoms with Crippen LogP contribution in [0.1, 0.15) is 11.3 Å². The molecule has 92 valence electrons. The zero-order valence-corrected chi connectivity index (χ0v) is 11.0. The second-order valence-corrected chi connectivity index (χ2v) is 5.15. The zero-order chi connectivity index (χ0) is 13.0. The van der Waals surface area contributed by atoms with Crippen molar-refractivity contribution in [3.63, 3.8) is 0 Å². The van der Waals surface area contributed by atoms with Crippen molar-refractivity contribution in [2.24, 2.45) is 0 Å². The summed E-state index contributed by atoms with van der Waals surface area (Å²) in [6.07, 6.45) is 0. The molecule has 0 aliphatic heterocycles. The van der Waals surface area contributed by atoms with Crippen molar-refractivity contribution < 1.29 is 0 Å². The van der Waals surface area contributed by atoms with Crippen molar-refractivity contribution in [2.75, 3.05) is 0 Å². The Morgan fingerprint density at radius 2 is 1.47 bits per heavy atom. The van der Waals surface area contributed by atoms with Gasteiger partial charge in [0, 0.05) is 10.8 Å². The van der Waals surface area contributed by atoms with Crippen LogP contribution in [0.25, 0.3) is 27.2 Å². The maximum Gasteiger partial charge on any atom is 0.0750 e. The topological polar surface area (TPSA) is 17.3 Å². The van der Waals surface area contributed by atoms with Crippen molar-refractivity contribution >= 4 is 27.2 Å². The molecule has 2 heteroatoms. The van der Waals surface area contributed by atoms with Crippen LogP contribution in [0.15, 0.2) is 48.5 Å². The van der Waals surface area contributed by atoms with E-state index in [1.54, 1.807) is 0 Å². The lowest BCUT2D eigenvalue weighted by Crippen LogP contribution is -1.93. The molecule has 0 saturated heterocycles. The van der Waals surface area contributed by atoms with E-state index in [2.05, 4.69) is 65.1 Å². The van der Waals surface area contributed by atoms with Crippen LogP contribution in [0, 0.1) is 13.8 Å². The van der Waals surface area contributed by atoms with Crippen LogP contribution >= 0.6 is 0 Å². The molecule has 2 nitrogen and oxygen atoms in total. The summed E-state index contributed by atoms with van der Waals surface area (Å²) in [5, 5.41) is 8.47. The monoisotopic (exact) mass is 246 g/mol. The third-order valence-electron chi connectivity index (χ3n) is 3.71. The van der Waals surface area contributed by atoms with Crippen LogP contribution in [0.5, 0.6) is 0 Å². The van der Waals surface area contributed by atoms with Crippen LogP contribution in [0.4, 0.5) is 0 Å². The van der Waals surface area contributed by atoms with Gasteiger partial charge in [-0.1, -0.05) is 36.4 Å². The Kier molecular flexibility index (Phi) is 1.99. The number of rotatable bonds is 0. The molecule has 0 saturated carbocycles. The lowest BCUT2D eigenvalue weighted by Gasteiger charge is -2.08. The van der Waals surface area contributed by atoms with Crippen molar-refractivity contribution in [3.8, 4) is 0 Å². The second kappa shape index (κ2) is 3.58. The molecule has 0 unspecified atom stereocenters. The first-order valence-corrected chi connectivity index (χ1v) is 6.51. The number of aryl methyl sites for hydroxylation is 2. The first kappa shape index (κ1) is 10.6. The Balaban J connectivity index is 2.42. The molecule has 19 heavy (non-hydrogen) atoms. The first-order chi connectivity index (χ1) is 9.24. The molecule has 0 N–H and O–H groups in total. The predicted octanol–water partition coefficient (Wildman–Crippen LogP) is 4.26. The largest absolute Gasteiger partial charge is 0.232 e. The van der Waals surface area contributed by atoms with Gasteiger partial charge in [-0.25, -0.2) is 4.52 Å². The molecule has 2 aromatic heterocycles. The van der Waals surface area contributed by atoms with E-state index < -0.39 is 0 Å². The van der Waals surface area contributed by atoms with E-state index in [0.717, 1.165) is 5.69 Å². The van der Waals surface area contributed by atoms with Gasteiger partial charge in [0.1, 0.15) is 0 Å². The third-order valence-corrected chi connectivity index (χ3v) is 3.71. The highest BCUT2D eigenvalue weighted by Gasteiger charge is 2.09. The van der Waals surface area contributed by atoms with Crippen LogP contribution in [0.2, 0.25) is 0 Å². The molecule has 2 aromatic carbocycles. The highest BCUT2D eigenvalue weighted by molar-refractivity contribution is 6.12. The minimum Gasteiger partial charge on any atom is -0.232 e. The van der Waals surface area contributed by atoms with E-state index in [0.29, 0.717) is 0 Å². The highest BCUT2D eigenvalue weighted by Crippen LogP contribution is 2.30. The normalized spacial score (nSPS) is 11.7. The Morgan fingerprint density at radius 1 is 0.789 bits per heavy atom. The average Bonchev–Trinajstić information content (AvgIpc) is 2.81. The summed E-state index contributed by atoms with van der Waals surface area (Å²) < 4.78 is 2.07. The fourth-order valence-electron chi connectivity index (χ4n) is 2.86. The summed E-state index contributed by atoms with van der Waals surface area (Å²) in [4.78, 5) is 0. The third kappa shape index (κ3) is 1.40. The smallest absolute Gasteiger partial charge is 0.0750 e.